The summed E-state index contributed by atoms with van der Waals surface area (Å²) in [6.45, 7) is -1.64. The van der Waals surface area contributed by atoms with Crippen molar-refractivity contribution in [2.24, 2.45) is 0 Å². The van der Waals surface area contributed by atoms with Crippen molar-refractivity contribution in [1.29, 1.82) is 0 Å². The van der Waals surface area contributed by atoms with Crippen LogP contribution in [0.4, 0.5) is 8.78 Å². The molecule has 0 aromatic heterocycles. The zero-order valence-corrected chi connectivity index (χ0v) is 8.24. The van der Waals surface area contributed by atoms with Gasteiger partial charge in [-0.25, -0.2) is 4.79 Å². The molecule has 1 N–H and O–H groups in total. The van der Waals surface area contributed by atoms with Gasteiger partial charge in [0.1, 0.15) is 11.3 Å². The Kier molecular flexibility index (Phi) is 3.55. The van der Waals surface area contributed by atoms with Crippen LogP contribution in [0.2, 0.25) is 0 Å². The third-order valence-electron chi connectivity index (χ3n) is 1.97. The first-order valence-electron chi connectivity index (χ1n) is 4.24. The van der Waals surface area contributed by atoms with Crippen LogP contribution in [0, 0.1) is 6.92 Å². The van der Waals surface area contributed by atoms with Crippen molar-refractivity contribution < 1.29 is 28.2 Å². The predicted molar refractivity (Wildman–Crippen MR) is 50.2 cm³/mol. The number of halogens is 2. The Bertz CT molecular complexity index is 429. The molecule has 0 unspecified atom stereocenters. The molecular weight excluding hydrogens is 222 g/mol. The molecule has 0 bridgehead atoms. The molecule has 0 saturated heterocycles. The van der Waals surface area contributed by atoms with E-state index in [1.807, 2.05) is 0 Å². The zero-order chi connectivity index (χ0) is 12.3. The molecule has 0 aliphatic heterocycles. The van der Waals surface area contributed by atoms with Crippen molar-refractivity contribution in [2.45, 2.75) is 13.5 Å². The molecule has 0 fully saturated rings. The van der Waals surface area contributed by atoms with E-state index in [0.29, 0.717) is 11.8 Å². The fourth-order valence-corrected chi connectivity index (χ4v) is 1.27. The first-order valence-corrected chi connectivity index (χ1v) is 4.24. The van der Waals surface area contributed by atoms with Crippen LogP contribution in [0.3, 0.4) is 0 Å². The molecule has 0 atom stereocenters. The summed E-state index contributed by atoms with van der Waals surface area (Å²) in [7, 11) is 0. The fourth-order valence-electron chi connectivity index (χ4n) is 1.27. The molecule has 0 saturated carbocycles. The van der Waals surface area contributed by atoms with Gasteiger partial charge >= 0.3 is 12.6 Å². The van der Waals surface area contributed by atoms with Crippen LogP contribution in [0.1, 0.15) is 26.3 Å². The van der Waals surface area contributed by atoms with Crippen molar-refractivity contribution >= 4 is 12.3 Å². The molecule has 0 aliphatic carbocycles. The standard InChI is InChI=1S/C10H8F2O4/c1-5-2-3-7(16-10(11)12)8(9(14)15)6(5)4-13/h2-4,10H,1H3,(H,14,15). The molecule has 86 valence electrons. The van der Waals surface area contributed by atoms with Crippen LogP contribution in [0.5, 0.6) is 5.75 Å². The number of aldehydes is 1. The number of ether oxygens (including phenoxy) is 1. The van der Waals surface area contributed by atoms with E-state index in [0.717, 1.165) is 6.07 Å². The number of aromatic carboxylic acids is 1. The number of hydrogen-bond acceptors (Lipinski definition) is 3. The van der Waals surface area contributed by atoms with Gasteiger partial charge in [0.2, 0.25) is 0 Å². The van der Waals surface area contributed by atoms with Crippen molar-refractivity contribution in [3.8, 4) is 5.75 Å². The number of carbonyl (C=O) groups is 2. The van der Waals surface area contributed by atoms with Gasteiger partial charge in [-0.3, -0.25) is 4.79 Å². The summed E-state index contributed by atoms with van der Waals surface area (Å²) >= 11 is 0. The molecule has 1 aromatic carbocycles. The molecule has 16 heavy (non-hydrogen) atoms. The number of hydrogen-bond donors (Lipinski definition) is 1. The quantitative estimate of drug-likeness (QED) is 0.804. The van der Waals surface area contributed by atoms with Crippen LogP contribution in [-0.2, 0) is 0 Å². The predicted octanol–water partition coefficient (Wildman–Crippen LogP) is 2.11. The lowest BCUT2D eigenvalue weighted by molar-refractivity contribution is -0.0503. The van der Waals surface area contributed by atoms with Crippen LogP contribution in [0.15, 0.2) is 12.1 Å². The monoisotopic (exact) mass is 230 g/mol. The third kappa shape index (κ3) is 2.33. The van der Waals surface area contributed by atoms with Gasteiger partial charge in [-0.15, -0.1) is 0 Å². The summed E-state index contributed by atoms with van der Waals surface area (Å²) in [5.41, 5.74) is -0.324. The van der Waals surface area contributed by atoms with Gasteiger partial charge in [-0.1, -0.05) is 6.07 Å². The van der Waals surface area contributed by atoms with Gasteiger partial charge in [0, 0.05) is 5.56 Å². The maximum absolute atomic E-state index is 12.0. The van der Waals surface area contributed by atoms with E-state index in [-0.39, 0.29) is 5.56 Å². The number of aryl methyl sites for hydroxylation is 1. The highest BCUT2D eigenvalue weighted by Gasteiger charge is 2.20. The largest absolute Gasteiger partial charge is 0.478 e. The normalized spacial score (nSPS) is 10.2. The maximum Gasteiger partial charge on any atom is 0.387 e. The maximum atomic E-state index is 12.0. The Morgan fingerprint density at radius 3 is 2.56 bits per heavy atom. The van der Waals surface area contributed by atoms with Crippen LogP contribution < -0.4 is 4.74 Å². The molecule has 1 rings (SSSR count). The first kappa shape index (κ1) is 12.1. The van der Waals surface area contributed by atoms with E-state index in [9.17, 15) is 18.4 Å². The van der Waals surface area contributed by atoms with Crippen LogP contribution >= 0.6 is 0 Å². The molecule has 0 aliphatic rings. The smallest absolute Gasteiger partial charge is 0.387 e. The number of carboxylic acids is 1. The summed E-state index contributed by atoms with van der Waals surface area (Å²) in [4.78, 5) is 21.5. The van der Waals surface area contributed by atoms with Gasteiger partial charge in [-0.2, -0.15) is 8.78 Å². The van der Waals surface area contributed by atoms with E-state index in [1.54, 1.807) is 0 Å². The number of alkyl halides is 2. The minimum atomic E-state index is -3.14. The number of rotatable bonds is 4. The van der Waals surface area contributed by atoms with Crippen molar-refractivity contribution in [3.63, 3.8) is 0 Å². The molecule has 6 heteroatoms. The van der Waals surface area contributed by atoms with Crippen LogP contribution in [-0.4, -0.2) is 24.0 Å². The molecule has 1 aromatic rings. The summed E-state index contributed by atoms with van der Waals surface area (Å²) in [6, 6.07) is 2.44. The van der Waals surface area contributed by atoms with Crippen molar-refractivity contribution in [3.05, 3.63) is 28.8 Å². The molecule has 0 amide bonds. The SMILES string of the molecule is Cc1ccc(OC(F)F)c(C(=O)O)c1C=O. The topological polar surface area (TPSA) is 63.6 Å². The lowest BCUT2D eigenvalue weighted by atomic mass is 10.0. The fraction of sp³-hybridized carbons (Fsp3) is 0.200. The number of benzene rings is 1. The Hall–Kier alpha value is -1.98. The second-order valence-electron chi connectivity index (χ2n) is 2.97. The van der Waals surface area contributed by atoms with Gasteiger partial charge in [0.05, 0.1) is 0 Å². The summed E-state index contributed by atoms with van der Waals surface area (Å²) in [6.07, 6.45) is 0.303. The second kappa shape index (κ2) is 4.69. The summed E-state index contributed by atoms with van der Waals surface area (Å²) in [5, 5.41) is 8.83. The van der Waals surface area contributed by atoms with Crippen LogP contribution in [0.25, 0.3) is 0 Å². The highest BCUT2D eigenvalue weighted by atomic mass is 19.3. The molecule has 0 radical (unpaired) electrons. The van der Waals surface area contributed by atoms with Gasteiger partial charge in [0.15, 0.2) is 6.29 Å². The van der Waals surface area contributed by atoms with Gasteiger partial charge < -0.3 is 9.84 Å². The molecule has 0 spiro atoms. The average Bonchev–Trinajstić information content (AvgIpc) is 2.18. The van der Waals surface area contributed by atoms with Crippen molar-refractivity contribution in [1.82, 2.24) is 0 Å². The van der Waals surface area contributed by atoms with E-state index < -0.39 is 23.9 Å². The minimum Gasteiger partial charge on any atom is -0.478 e. The summed E-state index contributed by atoms with van der Waals surface area (Å²) < 4.78 is 28.0. The van der Waals surface area contributed by atoms with Gasteiger partial charge in [-0.05, 0) is 18.6 Å². The number of carboxylic acid groups (broad SMARTS) is 1. The lowest BCUT2D eigenvalue weighted by Gasteiger charge is -2.11. The van der Waals surface area contributed by atoms with E-state index >= 15 is 0 Å². The van der Waals surface area contributed by atoms with E-state index in [2.05, 4.69) is 4.74 Å². The van der Waals surface area contributed by atoms with Gasteiger partial charge in [0.25, 0.3) is 0 Å². The first-order chi connectivity index (χ1) is 7.47. The Balaban J connectivity index is 3.38. The minimum absolute atomic E-state index is 0.161. The van der Waals surface area contributed by atoms with E-state index in [4.69, 9.17) is 5.11 Å². The lowest BCUT2D eigenvalue weighted by Crippen LogP contribution is -2.11. The number of carbonyl (C=O) groups excluding carboxylic acids is 1. The summed E-state index contributed by atoms with van der Waals surface area (Å²) in [5.74, 6) is -2.00. The molecule has 0 heterocycles. The highest BCUT2D eigenvalue weighted by molar-refractivity contribution is 6.00. The van der Waals surface area contributed by atoms with E-state index in [1.165, 1.54) is 13.0 Å². The zero-order valence-electron chi connectivity index (χ0n) is 8.24. The Morgan fingerprint density at radius 2 is 2.12 bits per heavy atom. The molecular formula is C10H8F2O4. The second-order valence-corrected chi connectivity index (χ2v) is 2.97. The Labute approximate surface area is 89.5 Å². The average molecular weight is 230 g/mol. The van der Waals surface area contributed by atoms with Crippen molar-refractivity contribution in [2.75, 3.05) is 0 Å². The molecule has 4 nitrogen and oxygen atoms in total. The highest BCUT2D eigenvalue weighted by Crippen LogP contribution is 2.25. The third-order valence-corrected chi connectivity index (χ3v) is 1.97. The Morgan fingerprint density at radius 1 is 1.50 bits per heavy atom.